The molecule has 0 aromatic heterocycles. The van der Waals surface area contributed by atoms with Gasteiger partial charge in [0.1, 0.15) is 6.17 Å². The molecule has 0 radical (unpaired) electrons. The summed E-state index contributed by atoms with van der Waals surface area (Å²) >= 11 is 0. The van der Waals surface area contributed by atoms with E-state index in [1.54, 1.807) is 6.08 Å². The summed E-state index contributed by atoms with van der Waals surface area (Å²) < 4.78 is 11.9. The van der Waals surface area contributed by atoms with Gasteiger partial charge in [0.05, 0.1) is 0 Å². The van der Waals surface area contributed by atoms with Crippen molar-refractivity contribution in [3.63, 3.8) is 0 Å². The van der Waals surface area contributed by atoms with E-state index in [9.17, 15) is 4.39 Å². The summed E-state index contributed by atoms with van der Waals surface area (Å²) in [4.78, 5) is 0. The van der Waals surface area contributed by atoms with Crippen molar-refractivity contribution in [2.45, 2.75) is 20.0 Å². The summed E-state index contributed by atoms with van der Waals surface area (Å²) in [5.74, 6) is 0. The minimum atomic E-state index is -0.855. The second-order valence-corrected chi connectivity index (χ2v) is 1.88. The van der Waals surface area contributed by atoms with Crippen molar-refractivity contribution in [1.29, 1.82) is 0 Å². The molecule has 1 unspecified atom stereocenters. The molecule has 0 fully saturated rings. The van der Waals surface area contributed by atoms with Gasteiger partial charge in [0.15, 0.2) is 0 Å². The Kier molecular flexibility index (Phi) is 3.16. The van der Waals surface area contributed by atoms with E-state index < -0.39 is 6.17 Å². The number of hydrogen-bond acceptors (Lipinski definition) is 0. The van der Waals surface area contributed by atoms with Crippen LogP contribution >= 0.6 is 0 Å². The number of halogens is 1. The average molecular weight is 114 g/mol. The van der Waals surface area contributed by atoms with Crippen LogP contribution < -0.4 is 0 Å². The molecule has 0 heterocycles. The molecule has 0 saturated carbocycles. The zero-order valence-corrected chi connectivity index (χ0v) is 5.32. The predicted molar refractivity (Wildman–Crippen MR) is 34.5 cm³/mol. The first kappa shape index (κ1) is 7.41. The van der Waals surface area contributed by atoms with Crippen molar-refractivity contribution >= 4 is 0 Å². The maximum Gasteiger partial charge on any atom is 0.116 e. The van der Waals surface area contributed by atoms with Gasteiger partial charge in [0.25, 0.3) is 0 Å². The number of hydrogen-bond donors (Lipinski definition) is 0. The number of rotatable bonds is 2. The number of alkyl halides is 1. The molecule has 1 atom stereocenters. The Balaban J connectivity index is 3.50. The fourth-order valence-corrected chi connectivity index (χ4v) is 0.297. The smallest absolute Gasteiger partial charge is 0.116 e. The van der Waals surface area contributed by atoms with Crippen LogP contribution in [-0.4, -0.2) is 6.17 Å². The standard InChI is InChI=1S/C7H11F/c1-6(2)4-5-7(3)8/h4-5,7H,1H2,2-3H3/b5-4+. The van der Waals surface area contributed by atoms with Gasteiger partial charge >= 0.3 is 0 Å². The van der Waals surface area contributed by atoms with E-state index in [4.69, 9.17) is 0 Å². The summed E-state index contributed by atoms with van der Waals surface area (Å²) in [6.07, 6.45) is 2.29. The van der Waals surface area contributed by atoms with Gasteiger partial charge in [0.2, 0.25) is 0 Å². The van der Waals surface area contributed by atoms with Gasteiger partial charge in [-0.2, -0.15) is 0 Å². The molecular weight excluding hydrogens is 103 g/mol. The zero-order chi connectivity index (χ0) is 6.57. The summed E-state index contributed by atoms with van der Waals surface area (Å²) in [7, 11) is 0. The summed E-state index contributed by atoms with van der Waals surface area (Å²) in [6, 6.07) is 0. The third-order valence-corrected chi connectivity index (χ3v) is 0.646. The predicted octanol–water partition coefficient (Wildman–Crippen LogP) is 2.48. The van der Waals surface area contributed by atoms with Crippen molar-refractivity contribution in [1.82, 2.24) is 0 Å². The molecule has 0 saturated heterocycles. The van der Waals surface area contributed by atoms with Crippen molar-refractivity contribution in [2.75, 3.05) is 0 Å². The van der Waals surface area contributed by atoms with E-state index in [0.29, 0.717) is 0 Å². The van der Waals surface area contributed by atoms with E-state index in [1.165, 1.54) is 13.0 Å². The van der Waals surface area contributed by atoms with Gasteiger partial charge in [-0.15, -0.1) is 0 Å². The monoisotopic (exact) mass is 114 g/mol. The molecule has 0 rings (SSSR count). The van der Waals surface area contributed by atoms with Crippen LogP contribution in [0.5, 0.6) is 0 Å². The molecule has 0 N–H and O–H groups in total. The summed E-state index contributed by atoms with van der Waals surface area (Å²) in [5.41, 5.74) is 0.884. The first-order valence-electron chi connectivity index (χ1n) is 2.60. The van der Waals surface area contributed by atoms with Crippen LogP contribution in [0.3, 0.4) is 0 Å². The van der Waals surface area contributed by atoms with Gasteiger partial charge in [-0.05, 0) is 13.8 Å². The SMILES string of the molecule is C=C(C)/C=C/C(C)F. The van der Waals surface area contributed by atoms with E-state index in [1.807, 2.05) is 6.92 Å². The van der Waals surface area contributed by atoms with E-state index in [0.717, 1.165) is 5.57 Å². The maximum absolute atomic E-state index is 11.9. The van der Waals surface area contributed by atoms with Crippen LogP contribution in [0.4, 0.5) is 4.39 Å². The Hall–Kier alpha value is -0.590. The van der Waals surface area contributed by atoms with Gasteiger partial charge in [0, 0.05) is 0 Å². The van der Waals surface area contributed by atoms with Gasteiger partial charge < -0.3 is 0 Å². The Morgan fingerprint density at radius 3 is 2.38 bits per heavy atom. The Labute approximate surface area is 49.7 Å². The Bertz CT molecular complexity index is 101. The molecule has 0 amide bonds. The molecule has 0 aromatic rings. The van der Waals surface area contributed by atoms with E-state index >= 15 is 0 Å². The molecule has 0 bridgehead atoms. The Morgan fingerprint density at radius 1 is 1.75 bits per heavy atom. The molecule has 8 heavy (non-hydrogen) atoms. The average Bonchev–Trinajstić information content (AvgIpc) is 1.61. The highest BCUT2D eigenvalue weighted by atomic mass is 19.1. The molecule has 0 aliphatic rings. The highest BCUT2D eigenvalue weighted by Gasteiger charge is 1.85. The fourth-order valence-electron chi connectivity index (χ4n) is 0.297. The largest absolute Gasteiger partial charge is 0.243 e. The van der Waals surface area contributed by atoms with Crippen LogP contribution in [0, 0.1) is 0 Å². The lowest BCUT2D eigenvalue weighted by atomic mass is 10.3. The van der Waals surface area contributed by atoms with Crippen molar-refractivity contribution in [3.05, 3.63) is 24.3 Å². The van der Waals surface area contributed by atoms with Gasteiger partial charge in [-0.1, -0.05) is 24.3 Å². The van der Waals surface area contributed by atoms with E-state index in [2.05, 4.69) is 6.58 Å². The van der Waals surface area contributed by atoms with Crippen LogP contribution in [0.1, 0.15) is 13.8 Å². The summed E-state index contributed by atoms with van der Waals surface area (Å²) in [5, 5.41) is 0. The highest BCUT2D eigenvalue weighted by Crippen LogP contribution is 1.94. The molecule has 0 spiro atoms. The minimum absolute atomic E-state index is 0.855. The maximum atomic E-state index is 11.9. The second kappa shape index (κ2) is 3.42. The van der Waals surface area contributed by atoms with Gasteiger partial charge in [-0.25, -0.2) is 4.39 Å². The molecular formula is C7H11F. The minimum Gasteiger partial charge on any atom is -0.243 e. The lowest BCUT2D eigenvalue weighted by molar-refractivity contribution is 0.430. The van der Waals surface area contributed by atoms with Crippen molar-refractivity contribution < 1.29 is 4.39 Å². The highest BCUT2D eigenvalue weighted by molar-refractivity contribution is 5.11. The quantitative estimate of drug-likeness (QED) is 0.484. The summed E-state index contributed by atoms with van der Waals surface area (Å²) in [6.45, 7) is 6.89. The lowest BCUT2D eigenvalue weighted by Gasteiger charge is -1.87. The van der Waals surface area contributed by atoms with Crippen LogP contribution in [0.15, 0.2) is 24.3 Å². The molecule has 46 valence electrons. The molecule has 0 aliphatic carbocycles. The third-order valence-electron chi connectivity index (χ3n) is 0.646. The lowest BCUT2D eigenvalue weighted by Crippen LogP contribution is -1.81. The zero-order valence-electron chi connectivity index (χ0n) is 5.32. The normalized spacial score (nSPS) is 14.4. The molecule has 0 nitrogen and oxygen atoms in total. The topological polar surface area (TPSA) is 0 Å². The van der Waals surface area contributed by atoms with Crippen molar-refractivity contribution in [3.8, 4) is 0 Å². The number of allylic oxidation sites excluding steroid dienone is 3. The van der Waals surface area contributed by atoms with Crippen LogP contribution in [-0.2, 0) is 0 Å². The third kappa shape index (κ3) is 5.41. The first-order valence-corrected chi connectivity index (χ1v) is 2.60. The molecule has 0 aliphatic heterocycles. The Morgan fingerprint density at radius 2 is 2.25 bits per heavy atom. The molecule has 1 heteroatoms. The van der Waals surface area contributed by atoms with Crippen LogP contribution in [0.25, 0.3) is 0 Å². The van der Waals surface area contributed by atoms with E-state index in [-0.39, 0.29) is 0 Å². The van der Waals surface area contributed by atoms with Crippen molar-refractivity contribution in [2.24, 2.45) is 0 Å². The van der Waals surface area contributed by atoms with Gasteiger partial charge in [-0.3, -0.25) is 0 Å². The first-order chi connectivity index (χ1) is 3.63. The molecule has 0 aromatic carbocycles. The fraction of sp³-hybridized carbons (Fsp3) is 0.429. The second-order valence-electron chi connectivity index (χ2n) is 1.88. The van der Waals surface area contributed by atoms with Crippen LogP contribution in [0.2, 0.25) is 0 Å².